The van der Waals surface area contributed by atoms with E-state index in [0.717, 1.165) is 4.31 Å². The van der Waals surface area contributed by atoms with E-state index >= 15 is 0 Å². The fourth-order valence-corrected chi connectivity index (χ4v) is 4.51. The number of amides is 1. The van der Waals surface area contributed by atoms with Crippen LogP contribution in [0.5, 0.6) is 11.5 Å². The molecule has 0 aliphatic rings. The molecule has 0 fully saturated rings. The van der Waals surface area contributed by atoms with Crippen LogP contribution in [-0.4, -0.2) is 35.1 Å². The van der Waals surface area contributed by atoms with E-state index in [-0.39, 0.29) is 10.6 Å². The summed E-state index contributed by atoms with van der Waals surface area (Å²) in [7, 11) is -1.04. The summed E-state index contributed by atoms with van der Waals surface area (Å²) < 4.78 is 38.1. The predicted octanol–water partition coefficient (Wildman–Crippen LogP) is 4.19. The quantitative estimate of drug-likeness (QED) is 0.544. The molecule has 0 aliphatic carbocycles. The highest BCUT2D eigenvalue weighted by atomic mass is 35.5. The zero-order valence-corrected chi connectivity index (χ0v) is 18.5. The second-order valence-electron chi connectivity index (χ2n) is 6.42. The van der Waals surface area contributed by atoms with E-state index in [4.69, 9.17) is 21.1 Å². The molecule has 0 radical (unpaired) electrons. The summed E-state index contributed by atoms with van der Waals surface area (Å²) in [6, 6.07) is 19.1. The lowest BCUT2D eigenvalue weighted by molar-refractivity contribution is -0.114. The zero-order chi connectivity index (χ0) is 22.4. The number of hydrogen-bond acceptors (Lipinski definition) is 5. The first-order chi connectivity index (χ1) is 14.8. The van der Waals surface area contributed by atoms with Gasteiger partial charge in [-0.25, -0.2) is 8.42 Å². The molecule has 162 valence electrons. The van der Waals surface area contributed by atoms with Gasteiger partial charge in [-0.1, -0.05) is 35.9 Å². The van der Waals surface area contributed by atoms with Crippen molar-refractivity contribution in [2.75, 3.05) is 30.4 Å². The predicted molar refractivity (Wildman–Crippen MR) is 121 cm³/mol. The molecule has 0 aromatic heterocycles. The summed E-state index contributed by atoms with van der Waals surface area (Å²) in [6.07, 6.45) is 0. The number of halogens is 1. The van der Waals surface area contributed by atoms with Gasteiger partial charge in [-0.15, -0.1) is 0 Å². The van der Waals surface area contributed by atoms with Crippen molar-refractivity contribution in [3.8, 4) is 11.5 Å². The minimum atomic E-state index is -4.02. The van der Waals surface area contributed by atoms with Crippen LogP contribution in [0.1, 0.15) is 0 Å². The lowest BCUT2D eigenvalue weighted by Gasteiger charge is -2.24. The SMILES string of the molecule is COc1ccc(NC(=O)CN(c2cccc(Cl)c2)S(=O)(=O)c2ccccc2)c(OC)c1. The molecule has 0 heterocycles. The number of sulfonamides is 1. The minimum absolute atomic E-state index is 0.0600. The summed E-state index contributed by atoms with van der Waals surface area (Å²) in [4.78, 5) is 12.9. The van der Waals surface area contributed by atoms with Crippen LogP contribution < -0.4 is 19.1 Å². The van der Waals surface area contributed by atoms with Crippen molar-refractivity contribution in [2.45, 2.75) is 4.90 Å². The van der Waals surface area contributed by atoms with Crippen LogP contribution in [0.25, 0.3) is 0 Å². The Morgan fingerprint density at radius 2 is 1.71 bits per heavy atom. The topological polar surface area (TPSA) is 84.9 Å². The molecule has 3 aromatic carbocycles. The van der Waals surface area contributed by atoms with Crippen LogP contribution in [-0.2, 0) is 14.8 Å². The molecule has 1 N–H and O–H groups in total. The van der Waals surface area contributed by atoms with Gasteiger partial charge in [0, 0.05) is 11.1 Å². The van der Waals surface area contributed by atoms with E-state index < -0.39 is 22.5 Å². The monoisotopic (exact) mass is 460 g/mol. The molecule has 0 saturated heterocycles. The van der Waals surface area contributed by atoms with Gasteiger partial charge in [0.25, 0.3) is 10.0 Å². The third-order valence-electron chi connectivity index (χ3n) is 4.40. The van der Waals surface area contributed by atoms with Crippen LogP contribution in [0.15, 0.2) is 77.7 Å². The maximum Gasteiger partial charge on any atom is 0.264 e. The Balaban J connectivity index is 1.93. The second kappa shape index (κ2) is 9.72. The average molecular weight is 461 g/mol. The molecule has 3 rings (SSSR count). The Morgan fingerprint density at radius 1 is 0.968 bits per heavy atom. The maximum atomic E-state index is 13.3. The van der Waals surface area contributed by atoms with E-state index in [1.807, 2.05) is 0 Å². The summed E-state index contributed by atoms with van der Waals surface area (Å²) in [5.74, 6) is 0.387. The second-order valence-corrected chi connectivity index (χ2v) is 8.72. The molecular weight excluding hydrogens is 440 g/mol. The first kappa shape index (κ1) is 22.5. The number of hydrogen-bond donors (Lipinski definition) is 1. The van der Waals surface area contributed by atoms with Gasteiger partial charge in [-0.2, -0.15) is 0 Å². The van der Waals surface area contributed by atoms with E-state index in [1.54, 1.807) is 54.6 Å². The summed E-state index contributed by atoms with van der Waals surface area (Å²) in [5, 5.41) is 3.04. The molecule has 0 saturated carbocycles. The van der Waals surface area contributed by atoms with E-state index in [0.29, 0.717) is 22.2 Å². The van der Waals surface area contributed by atoms with Crippen LogP contribution in [0, 0.1) is 0 Å². The zero-order valence-electron chi connectivity index (χ0n) is 16.9. The molecule has 0 bridgehead atoms. The lowest BCUT2D eigenvalue weighted by atomic mass is 10.2. The molecule has 31 heavy (non-hydrogen) atoms. The fraction of sp³-hybridized carbons (Fsp3) is 0.136. The Labute approximate surface area is 186 Å². The van der Waals surface area contributed by atoms with E-state index in [2.05, 4.69) is 5.32 Å². The molecule has 9 heteroatoms. The van der Waals surface area contributed by atoms with Crippen LogP contribution in [0.4, 0.5) is 11.4 Å². The van der Waals surface area contributed by atoms with Crippen LogP contribution >= 0.6 is 11.6 Å². The Morgan fingerprint density at radius 3 is 2.35 bits per heavy atom. The number of ether oxygens (including phenoxy) is 2. The number of anilines is 2. The number of methoxy groups -OCH3 is 2. The first-order valence-corrected chi connectivity index (χ1v) is 11.0. The van der Waals surface area contributed by atoms with Gasteiger partial charge < -0.3 is 14.8 Å². The number of benzene rings is 3. The smallest absolute Gasteiger partial charge is 0.264 e. The van der Waals surface area contributed by atoms with Crippen molar-refractivity contribution in [2.24, 2.45) is 0 Å². The maximum absolute atomic E-state index is 13.3. The van der Waals surface area contributed by atoms with Crippen molar-refractivity contribution in [3.63, 3.8) is 0 Å². The van der Waals surface area contributed by atoms with E-state index in [9.17, 15) is 13.2 Å². The molecule has 0 aliphatic heterocycles. The third kappa shape index (κ3) is 5.28. The Kier molecular flexibility index (Phi) is 7.04. The summed E-state index contributed by atoms with van der Waals surface area (Å²) in [5.41, 5.74) is 0.657. The largest absolute Gasteiger partial charge is 0.497 e. The molecule has 0 spiro atoms. The van der Waals surface area contributed by atoms with E-state index in [1.165, 1.54) is 32.4 Å². The third-order valence-corrected chi connectivity index (χ3v) is 6.42. The fourth-order valence-electron chi connectivity index (χ4n) is 2.89. The lowest BCUT2D eigenvalue weighted by Crippen LogP contribution is -2.38. The standard InChI is InChI=1S/C22H21ClN2O5S/c1-29-18-11-12-20(21(14-18)30-2)24-22(26)15-25(17-8-6-7-16(23)13-17)31(27,28)19-9-4-3-5-10-19/h3-14H,15H2,1-2H3,(H,24,26). The van der Waals surface area contributed by atoms with Gasteiger partial charge in [-0.05, 0) is 42.5 Å². The van der Waals surface area contributed by atoms with Crippen molar-refractivity contribution >= 4 is 38.9 Å². The molecule has 3 aromatic rings. The van der Waals surface area contributed by atoms with Crippen LogP contribution in [0.2, 0.25) is 5.02 Å². The number of rotatable bonds is 8. The van der Waals surface area contributed by atoms with Crippen molar-refractivity contribution in [1.29, 1.82) is 0 Å². The Bertz CT molecular complexity index is 1170. The number of nitrogens with zero attached hydrogens (tertiary/aromatic N) is 1. The highest BCUT2D eigenvalue weighted by molar-refractivity contribution is 7.92. The molecular formula is C22H21ClN2O5S. The van der Waals surface area contributed by atoms with Gasteiger partial charge >= 0.3 is 0 Å². The highest BCUT2D eigenvalue weighted by Crippen LogP contribution is 2.30. The minimum Gasteiger partial charge on any atom is -0.497 e. The van der Waals surface area contributed by atoms with Gasteiger partial charge in [0.05, 0.1) is 30.5 Å². The number of carbonyl (C=O) groups excluding carboxylic acids is 1. The van der Waals surface area contributed by atoms with Gasteiger partial charge in [0.15, 0.2) is 0 Å². The van der Waals surface area contributed by atoms with Gasteiger partial charge in [0.2, 0.25) is 5.91 Å². The first-order valence-electron chi connectivity index (χ1n) is 9.20. The number of carbonyl (C=O) groups is 1. The van der Waals surface area contributed by atoms with Crippen molar-refractivity contribution in [1.82, 2.24) is 0 Å². The Hall–Kier alpha value is -3.23. The number of nitrogens with one attached hydrogen (secondary N) is 1. The van der Waals surface area contributed by atoms with Crippen molar-refractivity contribution in [3.05, 3.63) is 77.8 Å². The molecule has 1 amide bonds. The normalized spacial score (nSPS) is 10.9. The van der Waals surface area contributed by atoms with Gasteiger partial charge in [0.1, 0.15) is 18.0 Å². The van der Waals surface area contributed by atoms with Gasteiger partial charge in [-0.3, -0.25) is 9.10 Å². The van der Waals surface area contributed by atoms with Crippen molar-refractivity contribution < 1.29 is 22.7 Å². The van der Waals surface area contributed by atoms with Crippen LogP contribution in [0.3, 0.4) is 0 Å². The highest BCUT2D eigenvalue weighted by Gasteiger charge is 2.27. The summed E-state index contributed by atoms with van der Waals surface area (Å²) >= 11 is 6.07. The molecule has 0 unspecified atom stereocenters. The average Bonchev–Trinajstić information content (AvgIpc) is 2.78. The summed E-state index contributed by atoms with van der Waals surface area (Å²) in [6.45, 7) is -0.466. The molecule has 0 atom stereocenters. The molecule has 7 nitrogen and oxygen atoms in total.